The van der Waals surface area contributed by atoms with Gasteiger partial charge in [-0.25, -0.2) is 0 Å². The van der Waals surface area contributed by atoms with Crippen molar-refractivity contribution in [1.29, 1.82) is 0 Å². The monoisotopic (exact) mass is 493 g/mol. The Morgan fingerprint density at radius 2 is 1.41 bits per heavy atom. The third-order valence-electron chi connectivity index (χ3n) is 8.65. The summed E-state index contributed by atoms with van der Waals surface area (Å²) in [6.07, 6.45) is 2.08. The average molecular weight is 494 g/mol. The van der Waals surface area contributed by atoms with Gasteiger partial charge in [-0.3, -0.25) is 4.79 Å². The SMILES string of the molecule is Cc1cc(C)cc(C[N+]2(C3CCN(C(=O)c4c5ccccc5cc5ccccc45)CC3)CCOCC2)c1. The first-order valence-corrected chi connectivity index (χ1v) is 13.7. The van der Waals surface area contributed by atoms with Crippen molar-refractivity contribution in [2.45, 2.75) is 39.3 Å². The van der Waals surface area contributed by atoms with Crippen LogP contribution in [0.1, 0.15) is 39.9 Å². The Bertz CT molecular complexity index is 1370. The molecule has 0 aliphatic carbocycles. The maximum absolute atomic E-state index is 14.1. The van der Waals surface area contributed by atoms with Crippen molar-refractivity contribution >= 4 is 27.5 Å². The molecule has 37 heavy (non-hydrogen) atoms. The Labute approximate surface area is 220 Å². The number of benzene rings is 4. The van der Waals surface area contributed by atoms with Crippen LogP contribution in [0.3, 0.4) is 0 Å². The van der Waals surface area contributed by atoms with Crippen LogP contribution in [-0.4, -0.2) is 60.7 Å². The Morgan fingerprint density at radius 1 is 0.838 bits per heavy atom. The molecule has 4 nitrogen and oxygen atoms in total. The van der Waals surface area contributed by atoms with Gasteiger partial charge in [-0.15, -0.1) is 0 Å². The van der Waals surface area contributed by atoms with Crippen molar-refractivity contribution in [2.75, 3.05) is 39.4 Å². The molecule has 1 amide bonds. The third-order valence-corrected chi connectivity index (χ3v) is 8.65. The number of likely N-dealkylation sites (tertiary alicyclic amines) is 1. The van der Waals surface area contributed by atoms with Crippen molar-refractivity contribution in [3.05, 3.63) is 95.1 Å². The molecule has 0 unspecified atom stereocenters. The van der Waals surface area contributed by atoms with E-state index in [1.54, 1.807) is 0 Å². The van der Waals surface area contributed by atoms with Crippen molar-refractivity contribution in [3.63, 3.8) is 0 Å². The standard InChI is InChI=1S/C33H37N2O2/c1-24-19-25(2)21-26(20-24)23-35(15-17-37-18-16-35)29-11-13-34(14-12-29)33(36)32-30-9-5-3-7-27(30)22-28-8-4-6-10-31(28)32/h3-10,19-22,29H,11-18,23H2,1-2H3/q+1. The normalized spacial score (nSPS) is 18.4. The molecule has 0 spiro atoms. The summed E-state index contributed by atoms with van der Waals surface area (Å²) < 4.78 is 6.90. The van der Waals surface area contributed by atoms with Gasteiger partial charge in [0.1, 0.15) is 19.6 Å². The highest BCUT2D eigenvalue weighted by Gasteiger charge is 2.41. The van der Waals surface area contributed by atoms with Crippen LogP contribution in [0.25, 0.3) is 21.5 Å². The minimum Gasteiger partial charge on any atom is -0.370 e. The van der Waals surface area contributed by atoms with Crippen LogP contribution in [0.15, 0.2) is 72.8 Å². The van der Waals surface area contributed by atoms with Crippen molar-refractivity contribution in [2.24, 2.45) is 0 Å². The van der Waals surface area contributed by atoms with E-state index in [1.165, 1.54) is 16.7 Å². The van der Waals surface area contributed by atoms with E-state index in [-0.39, 0.29) is 5.91 Å². The van der Waals surface area contributed by atoms with Gasteiger partial charge < -0.3 is 14.1 Å². The summed E-state index contributed by atoms with van der Waals surface area (Å²) in [6.45, 7) is 10.8. The number of hydrogen-bond acceptors (Lipinski definition) is 2. The first-order chi connectivity index (χ1) is 18.0. The highest BCUT2D eigenvalue weighted by molar-refractivity contribution is 6.18. The van der Waals surface area contributed by atoms with Gasteiger partial charge in [-0.2, -0.15) is 0 Å². The number of hydrogen-bond donors (Lipinski definition) is 0. The molecule has 0 bridgehead atoms. The number of aryl methyl sites for hydroxylation is 2. The number of ether oxygens (including phenoxy) is 1. The lowest BCUT2D eigenvalue weighted by atomic mass is 9.93. The van der Waals surface area contributed by atoms with Crippen LogP contribution in [0.2, 0.25) is 0 Å². The number of nitrogens with zero attached hydrogens (tertiary/aromatic N) is 2. The van der Waals surface area contributed by atoms with Crippen molar-refractivity contribution in [3.8, 4) is 0 Å². The second kappa shape index (κ2) is 9.92. The maximum atomic E-state index is 14.1. The first kappa shape index (κ1) is 24.1. The second-order valence-electron chi connectivity index (χ2n) is 11.1. The average Bonchev–Trinajstić information content (AvgIpc) is 2.91. The fourth-order valence-electron chi connectivity index (χ4n) is 6.90. The summed E-state index contributed by atoms with van der Waals surface area (Å²) in [4.78, 5) is 16.2. The molecule has 190 valence electrons. The summed E-state index contributed by atoms with van der Waals surface area (Å²) in [5.74, 6) is 0.175. The fourth-order valence-corrected chi connectivity index (χ4v) is 6.90. The molecular formula is C33H37N2O2+. The van der Waals surface area contributed by atoms with Gasteiger partial charge >= 0.3 is 0 Å². The number of fused-ring (bicyclic) bond motifs is 2. The van der Waals surface area contributed by atoms with Crippen LogP contribution in [0.5, 0.6) is 0 Å². The van der Waals surface area contributed by atoms with E-state index in [9.17, 15) is 4.79 Å². The maximum Gasteiger partial charge on any atom is 0.255 e. The topological polar surface area (TPSA) is 29.5 Å². The number of morpholine rings is 1. The van der Waals surface area contributed by atoms with E-state index >= 15 is 0 Å². The highest BCUT2D eigenvalue weighted by Crippen LogP contribution is 2.33. The molecule has 2 aliphatic heterocycles. The van der Waals surface area contributed by atoms with Gasteiger partial charge in [0.15, 0.2) is 0 Å². The summed E-state index contributed by atoms with van der Waals surface area (Å²) >= 11 is 0. The lowest BCUT2D eigenvalue weighted by molar-refractivity contribution is -0.971. The van der Waals surface area contributed by atoms with E-state index in [4.69, 9.17) is 4.74 Å². The molecule has 2 aliphatic rings. The molecule has 0 atom stereocenters. The molecule has 2 fully saturated rings. The number of rotatable bonds is 4. The van der Waals surface area contributed by atoms with E-state index in [0.717, 1.165) is 90.4 Å². The van der Waals surface area contributed by atoms with Crippen LogP contribution in [0, 0.1) is 13.8 Å². The molecule has 0 aromatic heterocycles. The zero-order valence-electron chi connectivity index (χ0n) is 22.1. The number of quaternary nitrogens is 1. The van der Waals surface area contributed by atoms with Crippen molar-refractivity contribution < 1.29 is 14.0 Å². The molecule has 6 rings (SSSR count). The third kappa shape index (κ3) is 4.65. The summed E-state index contributed by atoms with van der Waals surface area (Å²) in [6, 6.07) is 26.3. The van der Waals surface area contributed by atoms with Crippen molar-refractivity contribution in [1.82, 2.24) is 4.90 Å². The van der Waals surface area contributed by atoms with Crippen LogP contribution >= 0.6 is 0 Å². The van der Waals surface area contributed by atoms with Gasteiger partial charge in [0, 0.05) is 31.5 Å². The second-order valence-corrected chi connectivity index (χ2v) is 11.1. The molecule has 2 heterocycles. The number of carbonyl (C=O) groups is 1. The lowest BCUT2D eigenvalue weighted by Gasteiger charge is -2.49. The van der Waals surface area contributed by atoms with Gasteiger partial charge in [-0.05, 0) is 41.5 Å². The summed E-state index contributed by atoms with van der Waals surface area (Å²) in [5.41, 5.74) is 4.96. The van der Waals surface area contributed by atoms with E-state index in [0.29, 0.717) is 6.04 Å². The van der Waals surface area contributed by atoms with Crippen LogP contribution < -0.4 is 0 Å². The molecule has 2 saturated heterocycles. The van der Waals surface area contributed by atoms with Gasteiger partial charge in [0.2, 0.25) is 0 Å². The predicted octanol–water partition coefficient (Wildman–Crippen LogP) is 6.26. The Kier molecular flexibility index (Phi) is 6.48. The van der Waals surface area contributed by atoms with Gasteiger partial charge in [-0.1, -0.05) is 77.9 Å². The Hall–Kier alpha value is -3.21. The Morgan fingerprint density at radius 3 is 2.00 bits per heavy atom. The quantitative estimate of drug-likeness (QED) is 0.248. The lowest BCUT2D eigenvalue weighted by Crippen LogP contribution is -2.62. The first-order valence-electron chi connectivity index (χ1n) is 13.7. The zero-order valence-corrected chi connectivity index (χ0v) is 22.1. The Balaban J connectivity index is 1.26. The number of amides is 1. The summed E-state index contributed by atoms with van der Waals surface area (Å²) in [7, 11) is 0. The molecule has 0 radical (unpaired) electrons. The molecular weight excluding hydrogens is 456 g/mol. The minimum absolute atomic E-state index is 0.175. The molecule has 0 N–H and O–H groups in total. The highest BCUT2D eigenvalue weighted by atomic mass is 16.5. The largest absolute Gasteiger partial charge is 0.370 e. The zero-order chi connectivity index (χ0) is 25.4. The fraction of sp³-hybridized carbons (Fsp3) is 0.364. The smallest absolute Gasteiger partial charge is 0.255 e. The van der Waals surface area contributed by atoms with E-state index in [2.05, 4.69) is 79.4 Å². The minimum atomic E-state index is 0.175. The molecule has 4 aromatic rings. The molecule has 4 heteroatoms. The van der Waals surface area contributed by atoms with Crippen LogP contribution in [-0.2, 0) is 11.3 Å². The summed E-state index contributed by atoms with van der Waals surface area (Å²) in [5, 5.41) is 4.37. The molecule has 0 saturated carbocycles. The van der Waals surface area contributed by atoms with E-state index < -0.39 is 0 Å². The predicted molar refractivity (Wildman–Crippen MR) is 151 cm³/mol. The van der Waals surface area contributed by atoms with Gasteiger partial charge in [0.25, 0.3) is 5.91 Å². The van der Waals surface area contributed by atoms with E-state index in [1.807, 2.05) is 12.1 Å². The van der Waals surface area contributed by atoms with Crippen LogP contribution in [0.4, 0.5) is 0 Å². The number of piperidine rings is 1. The molecule has 4 aromatic carbocycles. The number of carbonyl (C=O) groups excluding carboxylic acids is 1. The van der Waals surface area contributed by atoms with Gasteiger partial charge in [0.05, 0.1) is 24.8 Å².